The van der Waals surface area contributed by atoms with E-state index in [0.717, 1.165) is 28.6 Å². The summed E-state index contributed by atoms with van der Waals surface area (Å²) in [6.45, 7) is 1.83. The Balaban J connectivity index is 1.73. The van der Waals surface area contributed by atoms with E-state index in [9.17, 15) is 4.79 Å². The molecule has 0 aliphatic carbocycles. The van der Waals surface area contributed by atoms with Crippen LogP contribution in [-0.4, -0.2) is 5.91 Å². The van der Waals surface area contributed by atoms with E-state index in [0.29, 0.717) is 6.42 Å². The molecule has 0 unspecified atom stereocenters. The van der Waals surface area contributed by atoms with Gasteiger partial charge < -0.3 is 15.4 Å². The SMILES string of the molecule is CCC(=O)Nc1ccc(Nc2ccccc2Oc2ccccc2)cc1. The van der Waals surface area contributed by atoms with E-state index < -0.39 is 0 Å². The molecule has 0 spiro atoms. The first-order valence-corrected chi connectivity index (χ1v) is 8.23. The molecule has 4 heteroatoms. The predicted molar refractivity (Wildman–Crippen MR) is 102 cm³/mol. The van der Waals surface area contributed by atoms with Crippen LogP contribution in [0.5, 0.6) is 11.5 Å². The fourth-order valence-corrected chi connectivity index (χ4v) is 2.32. The zero-order valence-electron chi connectivity index (χ0n) is 14.0. The number of nitrogens with one attached hydrogen (secondary N) is 2. The maximum atomic E-state index is 11.4. The molecule has 0 saturated carbocycles. The molecular weight excluding hydrogens is 312 g/mol. The fraction of sp³-hybridized carbons (Fsp3) is 0.0952. The number of amides is 1. The first-order valence-electron chi connectivity index (χ1n) is 8.23. The maximum Gasteiger partial charge on any atom is 0.224 e. The van der Waals surface area contributed by atoms with Gasteiger partial charge in [0.1, 0.15) is 5.75 Å². The Morgan fingerprint density at radius 1 is 0.840 bits per heavy atom. The van der Waals surface area contributed by atoms with E-state index in [2.05, 4.69) is 10.6 Å². The van der Waals surface area contributed by atoms with Crippen molar-refractivity contribution in [3.05, 3.63) is 78.9 Å². The highest BCUT2D eigenvalue weighted by atomic mass is 16.5. The van der Waals surface area contributed by atoms with Crippen molar-refractivity contribution in [2.45, 2.75) is 13.3 Å². The molecule has 2 N–H and O–H groups in total. The number of hydrogen-bond acceptors (Lipinski definition) is 3. The average molecular weight is 332 g/mol. The summed E-state index contributed by atoms with van der Waals surface area (Å²) >= 11 is 0. The van der Waals surface area contributed by atoms with E-state index in [1.807, 2.05) is 85.8 Å². The zero-order chi connectivity index (χ0) is 17.5. The van der Waals surface area contributed by atoms with E-state index in [1.54, 1.807) is 0 Å². The van der Waals surface area contributed by atoms with Gasteiger partial charge in [0.05, 0.1) is 5.69 Å². The minimum Gasteiger partial charge on any atom is -0.455 e. The Labute approximate surface area is 147 Å². The molecule has 25 heavy (non-hydrogen) atoms. The number of carbonyl (C=O) groups is 1. The molecule has 0 aliphatic heterocycles. The second-order valence-corrected chi connectivity index (χ2v) is 5.52. The maximum absolute atomic E-state index is 11.4. The van der Waals surface area contributed by atoms with Crippen molar-refractivity contribution in [2.24, 2.45) is 0 Å². The topological polar surface area (TPSA) is 50.4 Å². The quantitative estimate of drug-likeness (QED) is 0.620. The van der Waals surface area contributed by atoms with Gasteiger partial charge in [-0.2, -0.15) is 0 Å². The van der Waals surface area contributed by atoms with Crippen LogP contribution in [0.15, 0.2) is 78.9 Å². The van der Waals surface area contributed by atoms with Gasteiger partial charge in [0.15, 0.2) is 5.75 Å². The third-order valence-corrected chi connectivity index (χ3v) is 3.63. The van der Waals surface area contributed by atoms with Crippen molar-refractivity contribution in [1.82, 2.24) is 0 Å². The Morgan fingerprint density at radius 3 is 2.20 bits per heavy atom. The molecule has 0 atom stereocenters. The number of ether oxygens (including phenoxy) is 1. The molecule has 0 aromatic heterocycles. The van der Waals surface area contributed by atoms with Crippen LogP contribution < -0.4 is 15.4 Å². The van der Waals surface area contributed by atoms with Gasteiger partial charge in [0.25, 0.3) is 0 Å². The number of carbonyl (C=O) groups excluding carboxylic acids is 1. The van der Waals surface area contributed by atoms with E-state index >= 15 is 0 Å². The number of benzene rings is 3. The molecule has 3 rings (SSSR count). The molecule has 3 aromatic carbocycles. The van der Waals surface area contributed by atoms with Gasteiger partial charge in [0, 0.05) is 17.8 Å². The lowest BCUT2D eigenvalue weighted by Crippen LogP contribution is -2.09. The molecule has 0 heterocycles. The molecule has 4 nitrogen and oxygen atoms in total. The second kappa shape index (κ2) is 8.02. The van der Waals surface area contributed by atoms with Crippen LogP contribution in [0.1, 0.15) is 13.3 Å². The minimum absolute atomic E-state index is 0.00214. The van der Waals surface area contributed by atoms with Gasteiger partial charge in [0.2, 0.25) is 5.91 Å². The normalized spacial score (nSPS) is 10.1. The average Bonchev–Trinajstić information content (AvgIpc) is 2.65. The monoisotopic (exact) mass is 332 g/mol. The van der Waals surface area contributed by atoms with Crippen LogP contribution in [-0.2, 0) is 4.79 Å². The van der Waals surface area contributed by atoms with Crippen LogP contribution in [0.3, 0.4) is 0 Å². The van der Waals surface area contributed by atoms with Crippen molar-refractivity contribution < 1.29 is 9.53 Å². The fourth-order valence-electron chi connectivity index (χ4n) is 2.32. The zero-order valence-corrected chi connectivity index (χ0v) is 14.0. The highest BCUT2D eigenvalue weighted by Crippen LogP contribution is 2.31. The lowest BCUT2D eigenvalue weighted by Gasteiger charge is -2.13. The molecule has 1 amide bonds. The molecule has 0 radical (unpaired) electrons. The van der Waals surface area contributed by atoms with E-state index in [-0.39, 0.29) is 5.91 Å². The summed E-state index contributed by atoms with van der Waals surface area (Å²) in [5, 5.41) is 6.18. The van der Waals surface area contributed by atoms with Crippen molar-refractivity contribution in [2.75, 3.05) is 10.6 Å². The Hall–Kier alpha value is -3.27. The number of para-hydroxylation sites is 3. The Morgan fingerprint density at radius 2 is 1.48 bits per heavy atom. The molecule has 0 aliphatic rings. The summed E-state index contributed by atoms with van der Waals surface area (Å²) in [5.41, 5.74) is 2.57. The summed E-state index contributed by atoms with van der Waals surface area (Å²) in [6.07, 6.45) is 0.463. The lowest BCUT2D eigenvalue weighted by molar-refractivity contribution is -0.115. The van der Waals surface area contributed by atoms with E-state index in [4.69, 9.17) is 4.74 Å². The molecule has 0 fully saturated rings. The van der Waals surface area contributed by atoms with Crippen LogP contribution in [0, 0.1) is 0 Å². The van der Waals surface area contributed by atoms with Crippen molar-refractivity contribution >= 4 is 23.0 Å². The summed E-state index contributed by atoms with van der Waals surface area (Å²) in [7, 11) is 0. The standard InChI is InChI=1S/C21H20N2O2/c1-2-21(24)23-17-14-12-16(13-15-17)22-19-10-6-7-11-20(19)25-18-8-4-3-5-9-18/h3-15,22H,2H2,1H3,(H,23,24). The molecule has 0 saturated heterocycles. The summed E-state index contributed by atoms with van der Waals surface area (Å²) < 4.78 is 5.95. The van der Waals surface area contributed by atoms with Crippen LogP contribution in [0.2, 0.25) is 0 Å². The number of hydrogen-bond donors (Lipinski definition) is 2. The minimum atomic E-state index is 0.00214. The highest BCUT2D eigenvalue weighted by molar-refractivity contribution is 5.90. The van der Waals surface area contributed by atoms with Gasteiger partial charge in [-0.1, -0.05) is 37.3 Å². The summed E-state index contributed by atoms with van der Waals surface area (Å²) in [4.78, 5) is 11.4. The summed E-state index contributed by atoms with van der Waals surface area (Å²) in [6, 6.07) is 25.0. The first-order chi connectivity index (χ1) is 12.2. The second-order valence-electron chi connectivity index (χ2n) is 5.52. The highest BCUT2D eigenvalue weighted by Gasteiger charge is 2.05. The van der Waals surface area contributed by atoms with Crippen LogP contribution in [0.25, 0.3) is 0 Å². The molecule has 126 valence electrons. The third-order valence-electron chi connectivity index (χ3n) is 3.63. The Kier molecular flexibility index (Phi) is 5.32. The molecular formula is C21H20N2O2. The van der Waals surface area contributed by atoms with Crippen molar-refractivity contribution in [3.63, 3.8) is 0 Å². The Bertz CT molecular complexity index is 830. The lowest BCUT2D eigenvalue weighted by atomic mass is 10.2. The predicted octanol–water partition coefficient (Wildman–Crippen LogP) is 5.57. The third kappa shape index (κ3) is 4.61. The number of anilines is 3. The first kappa shape index (κ1) is 16.6. The van der Waals surface area contributed by atoms with Crippen molar-refractivity contribution in [3.8, 4) is 11.5 Å². The largest absolute Gasteiger partial charge is 0.455 e. The smallest absolute Gasteiger partial charge is 0.224 e. The van der Waals surface area contributed by atoms with Gasteiger partial charge in [-0.3, -0.25) is 4.79 Å². The van der Waals surface area contributed by atoms with Gasteiger partial charge >= 0.3 is 0 Å². The molecule has 3 aromatic rings. The summed E-state index contributed by atoms with van der Waals surface area (Å²) in [5.74, 6) is 1.54. The molecule has 0 bridgehead atoms. The van der Waals surface area contributed by atoms with Gasteiger partial charge in [-0.05, 0) is 48.5 Å². The van der Waals surface area contributed by atoms with Gasteiger partial charge in [-0.15, -0.1) is 0 Å². The van der Waals surface area contributed by atoms with Crippen molar-refractivity contribution in [1.29, 1.82) is 0 Å². The van der Waals surface area contributed by atoms with Gasteiger partial charge in [-0.25, -0.2) is 0 Å². The van der Waals surface area contributed by atoms with Crippen LogP contribution in [0.4, 0.5) is 17.1 Å². The van der Waals surface area contributed by atoms with E-state index in [1.165, 1.54) is 0 Å². The number of rotatable bonds is 6. The van der Waals surface area contributed by atoms with Crippen LogP contribution >= 0.6 is 0 Å².